The Bertz CT molecular complexity index is 869. The van der Waals surface area contributed by atoms with Gasteiger partial charge < -0.3 is 5.32 Å². The molecule has 0 atom stereocenters. The first-order chi connectivity index (χ1) is 12.4. The Morgan fingerprint density at radius 1 is 1.00 bits per heavy atom. The van der Waals surface area contributed by atoms with E-state index in [2.05, 4.69) is 43.4 Å². The Balaban J connectivity index is 1.61. The molecule has 0 aliphatic carbocycles. The second-order valence-corrected chi connectivity index (χ2v) is 6.87. The number of hydrogen-bond acceptors (Lipinski definition) is 3. The third-order valence-electron chi connectivity index (χ3n) is 4.66. The summed E-state index contributed by atoms with van der Waals surface area (Å²) >= 11 is 0. The molecule has 0 radical (unpaired) electrons. The van der Waals surface area contributed by atoms with E-state index in [0.29, 0.717) is 35.6 Å². The van der Waals surface area contributed by atoms with Gasteiger partial charge in [-0.15, -0.1) is 0 Å². The maximum absolute atomic E-state index is 12.2. The molecular weight excluding hydrogens is 328 g/mol. The van der Waals surface area contributed by atoms with Gasteiger partial charge in [-0.05, 0) is 41.7 Å². The van der Waals surface area contributed by atoms with Crippen LogP contribution in [0.5, 0.6) is 0 Å². The molecule has 0 aromatic heterocycles. The number of aryl methyl sites for hydroxylation is 1. The van der Waals surface area contributed by atoms with Crippen LogP contribution >= 0.6 is 0 Å². The van der Waals surface area contributed by atoms with Crippen molar-refractivity contribution < 1.29 is 14.4 Å². The molecule has 3 amide bonds. The Morgan fingerprint density at radius 3 is 2.31 bits per heavy atom. The summed E-state index contributed by atoms with van der Waals surface area (Å²) in [5, 5.41) is 2.80. The number of hydrogen-bond donors (Lipinski definition) is 1. The largest absolute Gasteiger partial charge is 0.326 e. The van der Waals surface area contributed by atoms with Gasteiger partial charge in [-0.1, -0.05) is 38.1 Å². The van der Waals surface area contributed by atoms with Crippen LogP contribution in [0.15, 0.2) is 42.5 Å². The first kappa shape index (κ1) is 17.9. The van der Waals surface area contributed by atoms with Gasteiger partial charge in [0.2, 0.25) is 5.91 Å². The molecule has 2 aromatic carbocycles. The van der Waals surface area contributed by atoms with Crippen LogP contribution in [0.2, 0.25) is 0 Å². The van der Waals surface area contributed by atoms with Crippen molar-refractivity contribution in [2.45, 2.75) is 32.6 Å². The number of benzene rings is 2. The number of imide groups is 1. The number of anilines is 1. The average molecular weight is 350 g/mol. The van der Waals surface area contributed by atoms with Gasteiger partial charge in [0, 0.05) is 19.2 Å². The highest BCUT2D eigenvalue weighted by Crippen LogP contribution is 2.25. The normalized spacial score (nSPS) is 13.3. The van der Waals surface area contributed by atoms with E-state index >= 15 is 0 Å². The molecule has 1 N–H and O–H groups in total. The molecule has 3 rings (SSSR count). The molecule has 0 bridgehead atoms. The minimum absolute atomic E-state index is 0.122. The summed E-state index contributed by atoms with van der Waals surface area (Å²) in [6.07, 6.45) is 1.00. The smallest absolute Gasteiger partial charge is 0.261 e. The lowest BCUT2D eigenvalue weighted by atomic mass is 10.0. The van der Waals surface area contributed by atoms with Gasteiger partial charge in [-0.3, -0.25) is 19.3 Å². The molecule has 5 nitrogen and oxygen atoms in total. The Morgan fingerprint density at radius 2 is 1.65 bits per heavy atom. The molecule has 26 heavy (non-hydrogen) atoms. The Labute approximate surface area is 153 Å². The fourth-order valence-electron chi connectivity index (χ4n) is 2.99. The Kier molecular flexibility index (Phi) is 4.89. The number of carbonyl (C=O) groups excluding carboxylic acids is 3. The van der Waals surface area contributed by atoms with Crippen LogP contribution in [0.1, 0.15) is 58.0 Å². The summed E-state index contributed by atoms with van der Waals surface area (Å²) in [6, 6.07) is 13.1. The van der Waals surface area contributed by atoms with E-state index in [9.17, 15) is 14.4 Å². The maximum atomic E-state index is 12.2. The third-order valence-corrected chi connectivity index (χ3v) is 4.66. The van der Waals surface area contributed by atoms with Crippen molar-refractivity contribution in [3.05, 3.63) is 64.7 Å². The molecule has 2 aromatic rings. The van der Waals surface area contributed by atoms with Gasteiger partial charge in [0.05, 0.1) is 11.1 Å². The monoisotopic (exact) mass is 350 g/mol. The van der Waals surface area contributed by atoms with Crippen LogP contribution in [0, 0.1) is 0 Å². The zero-order valence-electron chi connectivity index (χ0n) is 15.2. The molecule has 1 aliphatic heterocycles. The maximum Gasteiger partial charge on any atom is 0.261 e. The molecule has 1 aliphatic rings. The number of nitrogens with one attached hydrogen (secondary N) is 1. The predicted molar refractivity (Wildman–Crippen MR) is 100 cm³/mol. The minimum atomic E-state index is -0.341. The summed E-state index contributed by atoms with van der Waals surface area (Å²) in [5.41, 5.74) is 3.63. The molecule has 0 saturated heterocycles. The van der Waals surface area contributed by atoms with E-state index in [4.69, 9.17) is 0 Å². The van der Waals surface area contributed by atoms with E-state index in [1.807, 2.05) is 0 Å². The van der Waals surface area contributed by atoms with Crippen LogP contribution in [-0.4, -0.2) is 29.7 Å². The quantitative estimate of drug-likeness (QED) is 0.838. The van der Waals surface area contributed by atoms with Crippen molar-refractivity contribution in [2.24, 2.45) is 0 Å². The molecule has 5 heteroatoms. The first-order valence-electron chi connectivity index (χ1n) is 8.72. The SMILES string of the molecule is CC(C)c1ccc(CCC(=O)Nc2ccc3c(c2)C(=O)N(C)C3=O)cc1. The van der Waals surface area contributed by atoms with Crippen molar-refractivity contribution in [3.8, 4) is 0 Å². The van der Waals surface area contributed by atoms with Crippen molar-refractivity contribution in [3.63, 3.8) is 0 Å². The summed E-state index contributed by atoms with van der Waals surface area (Å²) in [6.45, 7) is 4.30. The lowest BCUT2D eigenvalue weighted by Crippen LogP contribution is -2.24. The van der Waals surface area contributed by atoms with Gasteiger partial charge in [0.25, 0.3) is 11.8 Å². The zero-order valence-corrected chi connectivity index (χ0v) is 15.2. The van der Waals surface area contributed by atoms with Crippen molar-refractivity contribution in [1.29, 1.82) is 0 Å². The highest BCUT2D eigenvalue weighted by atomic mass is 16.2. The van der Waals surface area contributed by atoms with E-state index < -0.39 is 0 Å². The van der Waals surface area contributed by atoms with E-state index in [1.165, 1.54) is 12.6 Å². The second kappa shape index (κ2) is 7.12. The topological polar surface area (TPSA) is 66.5 Å². The third kappa shape index (κ3) is 3.52. The summed E-state index contributed by atoms with van der Waals surface area (Å²) < 4.78 is 0. The molecule has 0 fully saturated rings. The summed E-state index contributed by atoms with van der Waals surface area (Å²) in [5.74, 6) is -0.289. The minimum Gasteiger partial charge on any atom is -0.326 e. The number of carbonyl (C=O) groups is 3. The first-order valence-corrected chi connectivity index (χ1v) is 8.72. The molecule has 0 saturated carbocycles. The van der Waals surface area contributed by atoms with E-state index in [0.717, 1.165) is 10.5 Å². The van der Waals surface area contributed by atoms with Crippen LogP contribution in [0.25, 0.3) is 0 Å². The van der Waals surface area contributed by atoms with E-state index in [1.54, 1.807) is 18.2 Å². The Hall–Kier alpha value is -2.95. The lowest BCUT2D eigenvalue weighted by Gasteiger charge is -2.08. The lowest BCUT2D eigenvalue weighted by molar-refractivity contribution is -0.116. The number of fused-ring (bicyclic) bond motifs is 1. The zero-order chi connectivity index (χ0) is 18.8. The standard InChI is InChI=1S/C21H22N2O3/c1-13(2)15-7-4-14(5-8-15)6-11-19(24)22-16-9-10-17-18(12-16)21(26)23(3)20(17)25/h4-5,7-10,12-13H,6,11H2,1-3H3,(H,22,24). The van der Waals surface area contributed by atoms with Gasteiger partial charge in [0.1, 0.15) is 0 Å². The van der Waals surface area contributed by atoms with Gasteiger partial charge >= 0.3 is 0 Å². The molecule has 134 valence electrons. The molecule has 0 spiro atoms. The molecule has 0 unspecified atom stereocenters. The average Bonchev–Trinajstić information content (AvgIpc) is 2.84. The second-order valence-electron chi connectivity index (χ2n) is 6.87. The number of amides is 3. The van der Waals surface area contributed by atoms with E-state index in [-0.39, 0.29) is 17.7 Å². The van der Waals surface area contributed by atoms with Gasteiger partial charge in [-0.25, -0.2) is 0 Å². The van der Waals surface area contributed by atoms with Crippen molar-refractivity contribution >= 4 is 23.4 Å². The van der Waals surface area contributed by atoms with Crippen molar-refractivity contribution in [2.75, 3.05) is 12.4 Å². The van der Waals surface area contributed by atoms with Gasteiger partial charge in [-0.2, -0.15) is 0 Å². The molecular formula is C21H22N2O3. The fraction of sp³-hybridized carbons (Fsp3) is 0.286. The highest BCUT2D eigenvalue weighted by molar-refractivity contribution is 6.21. The van der Waals surface area contributed by atoms with Crippen LogP contribution < -0.4 is 5.32 Å². The van der Waals surface area contributed by atoms with Crippen LogP contribution in [-0.2, 0) is 11.2 Å². The van der Waals surface area contributed by atoms with Crippen molar-refractivity contribution in [1.82, 2.24) is 4.90 Å². The number of rotatable bonds is 5. The number of nitrogens with zero attached hydrogens (tertiary/aromatic N) is 1. The molecule has 1 heterocycles. The van der Waals surface area contributed by atoms with Crippen LogP contribution in [0.4, 0.5) is 5.69 Å². The van der Waals surface area contributed by atoms with Gasteiger partial charge in [0.15, 0.2) is 0 Å². The summed E-state index contributed by atoms with van der Waals surface area (Å²) in [7, 11) is 1.45. The summed E-state index contributed by atoms with van der Waals surface area (Å²) in [4.78, 5) is 37.2. The van der Waals surface area contributed by atoms with Crippen LogP contribution in [0.3, 0.4) is 0 Å². The predicted octanol–water partition coefficient (Wildman–Crippen LogP) is 3.61. The fourth-order valence-corrected chi connectivity index (χ4v) is 2.99. The highest BCUT2D eigenvalue weighted by Gasteiger charge is 2.32.